The number of hydrogen-bond acceptors (Lipinski definition) is 4. The lowest BCUT2D eigenvalue weighted by atomic mass is 9.87. The molecule has 2 aromatic carbocycles. The van der Waals surface area contributed by atoms with Crippen LogP contribution in [0.1, 0.15) is 32.8 Å². The standard InChI is InChI=1S/C23H26N4OS/c1-23(2,3)17-12-10-16(11-13-17)20-24-25-22(27(20)18-8-6-5-7-9-18)29-19-14-15-26(4)21(19)28/h5-13,19H,14-15H2,1-4H3. The third-order valence-corrected chi connectivity index (χ3v) is 6.48. The minimum absolute atomic E-state index is 0.0987. The molecule has 0 aliphatic carbocycles. The molecule has 1 amide bonds. The van der Waals surface area contributed by atoms with E-state index in [1.54, 1.807) is 4.90 Å². The Bertz CT molecular complexity index is 1010. The van der Waals surface area contributed by atoms with Gasteiger partial charge in [0.15, 0.2) is 11.0 Å². The second-order valence-corrected chi connectivity index (χ2v) is 9.63. The molecule has 5 nitrogen and oxygen atoms in total. The normalized spacial score (nSPS) is 17.2. The maximum Gasteiger partial charge on any atom is 0.235 e. The Kier molecular flexibility index (Phi) is 5.21. The van der Waals surface area contributed by atoms with Crippen molar-refractivity contribution in [2.75, 3.05) is 13.6 Å². The lowest BCUT2D eigenvalue weighted by Crippen LogP contribution is -2.24. The molecule has 1 aliphatic rings. The van der Waals surface area contributed by atoms with Gasteiger partial charge < -0.3 is 4.90 Å². The van der Waals surface area contributed by atoms with Gasteiger partial charge in [-0.1, -0.05) is 75.0 Å². The van der Waals surface area contributed by atoms with Gasteiger partial charge in [0.05, 0.1) is 5.25 Å². The molecule has 2 heterocycles. The van der Waals surface area contributed by atoms with Gasteiger partial charge in [-0.3, -0.25) is 9.36 Å². The minimum atomic E-state index is -0.109. The molecule has 0 spiro atoms. The summed E-state index contributed by atoms with van der Waals surface area (Å²) in [6.07, 6.45) is 0.831. The van der Waals surface area contributed by atoms with Crippen LogP contribution in [0.25, 0.3) is 17.1 Å². The first-order valence-electron chi connectivity index (χ1n) is 9.88. The van der Waals surface area contributed by atoms with Crippen LogP contribution in [0.5, 0.6) is 0 Å². The number of benzene rings is 2. The second-order valence-electron chi connectivity index (χ2n) is 8.46. The average Bonchev–Trinajstić information content (AvgIpc) is 3.27. The quantitative estimate of drug-likeness (QED) is 0.638. The van der Waals surface area contributed by atoms with Gasteiger partial charge in [0.1, 0.15) is 0 Å². The number of likely N-dealkylation sites (tertiary alicyclic amines) is 1. The zero-order valence-electron chi connectivity index (χ0n) is 17.3. The third-order valence-electron chi connectivity index (χ3n) is 5.28. The van der Waals surface area contributed by atoms with Gasteiger partial charge in [0.25, 0.3) is 0 Å². The molecule has 150 valence electrons. The number of amides is 1. The molecule has 0 saturated carbocycles. The highest BCUT2D eigenvalue weighted by Gasteiger charge is 2.32. The van der Waals surface area contributed by atoms with Crippen LogP contribution in [0.3, 0.4) is 0 Å². The summed E-state index contributed by atoms with van der Waals surface area (Å²) in [5, 5.41) is 9.62. The molecule has 1 unspecified atom stereocenters. The second kappa shape index (κ2) is 7.67. The Hall–Kier alpha value is -2.60. The van der Waals surface area contributed by atoms with Gasteiger partial charge in [-0.05, 0) is 29.5 Å². The van der Waals surface area contributed by atoms with E-state index in [2.05, 4.69) is 59.8 Å². The third kappa shape index (κ3) is 3.94. The van der Waals surface area contributed by atoms with Crippen molar-refractivity contribution in [1.29, 1.82) is 0 Å². The molecule has 3 aromatic rings. The molecule has 0 radical (unpaired) electrons. The molecule has 6 heteroatoms. The monoisotopic (exact) mass is 406 g/mol. The van der Waals surface area contributed by atoms with Crippen molar-refractivity contribution < 1.29 is 4.79 Å². The Balaban J connectivity index is 1.75. The van der Waals surface area contributed by atoms with E-state index in [0.29, 0.717) is 0 Å². The van der Waals surface area contributed by atoms with E-state index >= 15 is 0 Å². The van der Waals surface area contributed by atoms with Crippen LogP contribution in [0.4, 0.5) is 0 Å². The topological polar surface area (TPSA) is 51.0 Å². The number of hydrogen-bond donors (Lipinski definition) is 0. The summed E-state index contributed by atoms with van der Waals surface area (Å²) in [4.78, 5) is 14.2. The molecule has 1 saturated heterocycles. The van der Waals surface area contributed by atoms with E-state index < -0.39 is 0 Å². The molecule has 0 bridgehead atoms. The number of para-hydroxylation sites is 1. The van der Waals surface area contributed by atoms with Crippen molar-refractivity contribution in [3.8, 4) is 17.1 Å². The molecule has 29 heavy (non-hydrogen) atoms. The first-order valence-corrected chi connectivity index (χ1v) is 10.8. The van der Waals surface area contributed by atoms with Gasteiger partial charge in [-0.25, -0.2) is 0 Å². The number of carbonyl (C=O) groups excluding carboxylic acids is 1. The summed E-state index contributed by atoms with van der Waals surface area (Å²) in [7, 11) is 1.85. The van der Waals surface area contributed by atoms with Crippen molar-refractivity contribution in [3.05, 3.63) is 60.2 Å². The van der Waals surface area contributed by atoms with E-state index in [9.17, 15) is 4.79 Å². The average molecular weight is 407 g/mol. The van der Waals surface area contributed by atoms with Gasteiger partial charge in [-0.15, -0.1) is 10.2 Å². The Labute approximate surface area is 176 Å². The van der Waals surface area contributed by atoms with E-state index in [4.69, 9.17) is 0 Å². The van der Waals surface area contributed by atoms with Crippen LogP contribution < -0.4 is 0 Å². The lowest BCUT2D eigenvalue weighted by molar-refractivity contribution is -0.126. The van der Waals surface area contributed by atoms with Crippen molar-refractivity contribution in [1.82, 2.24) is 19.7 Å². The van der Waals surface area contributed by atoms with E-state index in [1.807, 2.05) is 37.4 Å². The summed E-state index contributed by atoms with van der Waals surface area (Å²) in [6.45, 7) is 7.41. The number of aromatic nitrogens is 3. The van der Waals surface area contributed by atoms with Crippen LogP contribution >= 0.6 is 11.8 Å². The minimum Gasteiger partial charge on any atom is -0.345 e. The summed E-state index contributed by atoms with van der Waals surface area (Å²) in [6, 6.07) is 18.6. The Morgan fingerprint density at radius 1 is 1.00 bits per heavy atom. The summed E-state index contributed by atoms with van der Waals surface area (Å²) in [5.41, 5.74) is 3.38. The molecule has 1 fully saturated rings. The fraction of sp³-hybridized carbons (Fsp3) is 0.348. The maximum atomic E-state index is 12.4. The Morgan fingerprint density at radius 2 is 1.69 bits per heavy atom. The SMILES string of the molecule is CN1CCC(Sc2nnc(-c3ccc(C(C)(C)C)cc3)n2-c2ccccc2)C1=O. The predicted octanol–water partition coefficient (Wildman–Crippen LogP) is 4.55. The summed E-state index contributed by atoms with van der Waals surface area (Å²) < 4.78 is 2.06. The smallest absolute Gasteiger partial charge is 0.235 e. The fourth-order valence-corrected chi connectivity index (χ4v) is 4.63. The predicted molar refractivity (Wildman–Crippen MR) is 117 cm³/mol. The summed E-state index contributed by atoms with van der Waals surface area (Å²) in [5.74, 6) is 0.951. The van der Waals surface area contributed by atoms with Crippen molar-refractivity contribution in [3.63, 3.8) is 0 Å². The molecule has 1 aromatic heterocycles. The Morgan fingerprint density at radius 3 is 2.28 bits per heavy atom. The molecular formula is C23H26N4OS. The zero-order valence-corrected chi connectivity index (χ0v) is 18.1. The highest BCUT2D eigenvalue weighted by atomic mass is 32.2. The highest BCUT2D eigenvalue weighted by molar-refractivity contribution is 8.00. The van der Waals surface area contributed by atoms with Crippen molar-refractivity contribution >= 4 is 17.7 Å². The van der Waals surface area contributed by atoms with Gasteiger partial charge in [-0.2, -0.15) is 0 Å². The molecule has 0 N–H and O–H groups in total. The number of carbonyl (C=O) groups is 1. The fourth-order valence-electron chi connectivity index (χ4n) is 3.49. The van der Waals surface area contributed by atoms with Crippen LogP contribution in [-0.4, -0.2) is 44.4 Å². The highest BCUT2D eigenvalue weighted by Crippen LogP contribution is 2.34. The molecular weight excluding hydrogens is 380 g/mol. The molecule has 1 aliphatic heterocycles. The molecule has 4 rings (SSSR count). The first-order chi connectivity index (χ1) is 13.8. The number of rotatable bonds is 4. The molecule has 1 atom stereocenters. The van der Waals surface area contributed by atoms with E-state index in [1.165, 1.54) is 17.3 Å². The largest absolute Gasteiger partial charge is 0.345 e. The van der Waals surface area contributed by atoms with Crippen LogP contribution in [-0.2, 0) is 10.2 Å². The van der Waals surface area contributed by atoms with E-state index in [0.717, 1.165) is 35.2 Å². The lowest BCUT2D eigenvalue weighted by Gasteiger charge is -2.19. The number of thioether (sulfide) groups is 1. The van der Waals surface area contributed by atoms with E-state index in [-0.39, 0.29) is 16.6 Å². The first kappa shape index (κ1) is 19.7. The number of nitrogens with zero attached hydrogens (tertiary/aromatic N) is 4. The summed E-state index contributed by atoms with van der Waals surface area (Å²) >= 11 is 1.51. The van der Waals surface area contributed by atoms with Crippen LogP contribution in [0.2, 0.25) is 0 Å². The van der Waals surface area contributed by atoms with Gasteiger partial charge >= 0.3 is 0 Å². The van der Waals surface area contributed by atoms with Gasteiger partial charge in [0.2, 0.25) is 5.91 Å². The van der Waals surface area contributed by atoms with Crippen LogP contribution in [0.15, 0.2) is 59.8 Å². The zero-order chi connectivity index (χ0) is 20.6. The van der Waals surface area contributed by atoms with Crippen molar-refractivity contribution in [2.45, 2.75) is 43.0 Å². The maximum absolute atomic E-state index is 12.4. The van der Waals surface area contributed by atoms with Crippen molar-refractivity contribution in [2.24, 2.45) is 0 Å². The van der Waals surface area contributed by atoms with Crippen LogP contribution in [0, 0.1) is 0 Å². The van der Waals surface area contributed by atoms with Gasteiger partial charge in [0, 0.05) is 24.8 Å².